The first-order valence-electron chi connectivity index (χ1n) is 8.28. The van der Waals surface area contributed by atoms with Crippen LogP contribution in [0.2, 0.25) is 0 Å². The fourth-order valence-corrected chi connectivity index (χ4v) is 2.71. The zero-order valence-corrected chi connectivity index (χ0v) is 14.7. The van der Waals surface area contributed by atoms with E-state index in [9.17, 15) is 14.4 Å². The van der Waals surface area contributed by atoms with Crippen LogP contribution in [0.25, 0.3) is 21.7 Å². The van der Waals surface area contributed by atoms with Crippen LogP contribution in [0.1, 0.15) is 16.1 Å². The van der Waals surface area contributed by atoms with Gasteiger partial charge in [0.05, 0.1) is 0 Å². The third-order valence-corrected chi connectivity index (χ3v) is 4.01. The zero-order chi connectivity index (χ0) is 19.4. The minimum Gasteiger partial charge on any atom is -0.450 e. The van der Waals surface area contributed by atoms with Gasteiger partial charge in [-0.1, -0.05) is 42.5 Å². The van der Waals surface area contributed by atoms with Gasteiger partial charge in [-0.15, -0.1) is 6.58 Å². The van der Waals surface area contributed by atoms with Gasteiger partial charge in [0.15, 0.2) is 6.61 Å². The maximum atomic E-state index is 12.3. The third kappa shape index (κ3) is 3.82. The van der Waals surface area contributed by atoms with Gasteiger partial charge in [0, 0.05) is 22.9 Å². The van der Waals surface area contributed by atoms with Gasteiger partial charge in [-0.25, -0.2) is 9.59 Å². The van der Waals surface area contributed by atoms with Gasteiger partial charge in [0.2, 0.25) is 5.76 Å². The van der Waals surface area contributed by atoms with Crippen LogP contribution in [0.3, 0.4) is 0 Å². The lowest BCUT2D eigenvalue weighted by molar-refractivity contribution is -0.123. The number of nitrogens with one attached hydrogen (secondary N) is 2. The van der Waals surface area contributed by atoms with E-state index >= 15 is 0 Å². The lowest BCUT2D eigenvalue weighted by atomic mass is 10.1. The number of ether oxygens (including phenoxy) is 1. The number of esters is 1. The summed E-state index contributed by atoms with van der Waals surface area (Å²) in [5.74, 6) is -1.48. The molecule has 7 heteroatoms. The second-order valence-corrected chi connectivity index (χ2v) is 5.84. The van der Waals surface area contributed by atoms with Crippen LogP contribution in [0.4, 0.5) is 4.79 Å². The molecule has 0 aliphatic heterocycles. The quantitative estimate of drug-likeness (QED) is 0.534. The number of aryl methyl sites for hydroxylation is 1. The number of furan rings is 1. The minimum absolute atomic E-state index is 0.0326. The lowest BCUT2D eigenvalue weighted by Gasteiger charge is -2.05. The van der Waals surface area contributed by atoms with E-state index in [1.165, 1.54) is 6.08 Å². The molecule has 7 nitrogen and oxygen atoms in total. The highest BCUT2D eigenvalue weighted by atomic mass is 16.5. The first kappa shape index (κ1) is 18.2. The van der Waals surface area contributed by atoms with Crippen molar-refractivity contribution >= 4 is 39.6 Å². The van der Waals surface area contributed by atoms with Crippen molar-refractivity contribution in [3.63, 3.8) is 0 Å². The number of hydrogen-bond acceptors (Lipinski definition) is 5. The smallest absolute Gasteiger partial charge is 0.375 e. The molecule has 0 spiro atoms. The van der Waals surface area contributed by atoms with E-state index in [1.54, 1.807) is 6.92 Å². The Kier molecular flexibility index (Phi) is 5.21. The standard InChI is InChI=1S/C20H18N2O5/c1-3-10-21-20(25)22-16(23)11-26-19(24)17-12(2)14-9-8-13-6-4-5-7-15(13)18(14)27-17/h3-9H,1,10-11H2,2H3,(H2,21,22,23,25). The minimum atomic E-state index is -0.769. The number of carbonyl (C=O) groups is 3. The first-order chi connectivity index (χ1) is 13.0. The third-order valence-electron chi connectivity index (χ3n) is 4.01. The van der Waals surface area contributed by atoms with E-state index in [-0.39, 0.29) is 12.3 Å². The van der Waals surface area contributed by atoms with Crippen LogP contribution in [0.15, 0.2) is 53.5 Å². The Labute approximate surface area is 155 Å². The average molecular weight is 366 g/mol. The highest BCUT2D eigenvalue weighted by Gasteiger charge is 2.21. The van der Waals surface area contributed by atoms with E-state index in [0.29, 0.717) is 11.1 Å². The molecule has 27 heavy (non-hydrogen) atoms. The van der Waals surface area contributed by atoms with E-state index in [2.05, 4.69) is 11.9 Å². The number of benzene rings is 2. The van der Waals surface area contributed by atoms with Crippen LogP contribution in [0.5, 0.6) is 0 Å². The number of rotatable bonds is 5. The molecule has 3 amide bonds. The van der Waals surface area contributed by atoms with Gasteiger partial charge < -0.3 is 14.5 Å². The van der Waals surface area contributed by atoms with E-state index in [1.807, 2.05) is 41.7 Å². The van der Waals surface area contributed by atoms with Gasteiger partial charge in [-0.3, -0.25) is 10.1 Å². The van der Waals surface area contributed by atoms with Crippen LogP contribution in [-0.4, -0.2) is 31.1 Å². The molecular weight excluding hydrogens is 348 g/mol. The molecule has 0 fully saturated rings. The van der Waals surface area contributed by atoms with Gasteiger partial charge >= 0.3 is 12.0 Å². The lowest BCUT2D eigenvalue weighted by Crippen LogP contribution is -2.41. The first-order valence-corrected chi connectivity index (χ1v) is 8.28. The molecule has 1 heterocycles. The Morgan fingerprint density at radius 1 is 1.15 bits per heavy atom. The molecule has 1 aromatic heterocycles. The number of fused-ring (bicyclic) bond motifs is 3. The summed E-state index contributed by atoms with van der Waals surface area (Å²) >= 11 is 0. The molecule has 0 aliphatic carbocycles. The molecule has 3 aromatic rings. The second kappa shape index (κ2) is 7.74. The molecule has 138 valence electrons. The highest BCUT2D eigenvalue weighted by molar-refractivity contribution is 6.08. The zero-order valence-electron chi connectivity index (χ0n) is 14.7. The summed E-state index contributed by atoms with van der Waals surface area (Å²) in [4.78, 5) is 35.4. The van der Waals surface area contributed by atoms with Crippen LogP contribution < -0.4 is 10.6 Å². The molecular formula is C20H18N2O5. The molecule has 3 rings (SSSR count). The highest BCUT2D eigenvalue weighted by Crippen LogP contribution is 2.31. The van der Waals surface area contributed by atoms with Crippen molar-refractivity contribution in [3.8, 4) is 0 Å². The number of amides is 3. The predicted octanol–water partition coefficient (Wildman–Crippen LogP) is 3.06. The number of carbonyl (C=O) groups excluding carboxylic acids is 3. The summed E-state index contributed by atoms with van der Waals surface area (Å²) in [6.07, 6.45) is 1.47. The van der Waals surface area contributed by atoms with Crippen molar-refractivity contribution in [1.29, 1.82) is 0 Å². The van der Waals surface area contributed by atoms with Crippen molar-refractivity contribution in [1.82, 2.24) is 10.6 Å². The maximum Gasteiger partial charge on any atom is 0.375 e. The fourth-order valence-electron chi connectivity index (χ4n) is 2.71. The van der Waals surface area contributed by atoms with Crippen molar-refractivity contribution < 1.29 is 23.5 Å². The normalized spacial score (nSPS) is 10.6. The number of urea groups is 1. The molecule has 2 N–H and O–H groups in total. The van der Waals surface area contributed by atoms with Crippen LogP contribution in [0, 0.1) is 6.92 Å². The largest absolute Gasteiger partial charge is 0.450 e. The van der Waals surface area contributed by atoms with Crippen LogP contribution in [-0.2, 0) is 9.53 Å². The summed E-state index contributed by atoms with van der Waals surface area (Å²) in [5.41, 5.74) is 1.22. The van der Waals surface area contributed by atoms with Gasteiger partial charge in [0.1, 0.15) is 5.58 Å². The Morgan fingerprint density at radius 3 is 2.70 bits per heavy atom. The summed E-state index contributed by atoms with van der Waals surface area (Å²) in [5, 5.41) is 7.09. The Morgan fingerprint density at radius 2 is 1.93 bits per heavy atom. The van der Waals surface area contributed by atoms with Crippen LogP contribution >= 0.6 is 0 Å². The van der Waals surface area contributed by atoms with Gasteiger partial charge in [-0.05, 0) is 12.3 Å². The molecule has 0 aliphatic rings. The summed E-state index contributed by atoms with van der Waals surface area (Å²) in [6, 6.07) is 10.8. The fraction of sp³-hybridized carbons (Fsp3) is 0.150. The SMILES string of the molecule is C=CCNC(=O)NC(=O)COC(=O)c1oc2c(ccc3ccccc32)c1C. The molecule has 0 radical (unpaired) electrons. The van der Waals surface area contributed by atoms with Gasteiger partial charge in [0.25, 0.3) is 5.91 Å². The Hall–Kier alpha value is -3.61. The summed E-state index contributed by atoms with van der Waals surface area (Å²) in [6.45, 7) is 4.81. The second-order valence-electron chi connectivity index (χ2n) is 5.84. The van der Waals surface area contributed by atoms with E-state index < -0.39 is 24.5 Å². The number of hydrogen-bond donors (Lipinski definition) is 2. The molecule has 0 bridgehead atoms. The summed E-state index contributed by atoms with van der Waals surface area (Å²) in [7, 11) is 0. The Bertz CT molecular complexity index is 1050. The Balaban J connectivity index is 1.73. The molecule has 0 unspecified atom stereocenters. The van der Waals surface area contributed by atoms with Crippen molar-refractivity contribution in [2.24, 2.45) is 0 Å². The van der Waals surface area contributed by atoms with E-state index in [4.69, 9.17) is 9.15 Å². The summed E-state index contributed by atoms with van der Waals surface area (Å²) < 4.78 is 10.7. The average Bonchev–Trinajstić information content (AvgIpc) is 3.01. The molecule has 0 atom stereocenters. The predicted molar refractivity (Wildman–Crippen MR) is 100 cm³/mol. The number of imide groups is 1. The van der Waals surface area contributed by atoms with Crippen molar-refractivity contribution in [2.45, 2.75) is 6.92 Å². The van der Waals surface area contributed by atoms with Gasteiger partial charge in [-0.2, -0.15) is 0 Å². The maximum absolute atomic E-state index is 12.3. The monoisotopic (exact) mass is 366 g/mol. The topological polar surface area (TPSA) is 97.6 Å². The van der Waals surface area contributed by atoms with Crippen molar-refractivity contribution in [2.75, 3.05) is 13.2 Å². The van der Waals surface area contributed by atoms with E-state index in [0.717, 1.165) is 16.2 Å². The molecule has 0 saturated heterocycles. The molecule has 2 aromatic carbocycles. The van der Waals surface area contributed by atoms with Crippen molar-refractivity contribution in [3.05, 3.63) is 60.4 Å². The molecule has 0 saturated carbocycles.